The Labute approximate surface area is 332 Å². The Kier molecular flexibility index (Phi) is 11.6. The van der Waals surface area contributed by atoms with Crippen LogP contribution in [-0.2, 0) is 17.8 Å². The summed E-state index contributed by atoms with van der Waals surface area (Å²) in [5, 5.41) is 28.1. The number of nitrogens with zero attached hydrogens (tertiary/aromatic N) is 1. The van der Waals surface area contributed by atoms with Gasteiger partial charge in [-0.1, -0.05) is 91.0 Å². The number of phenols is 1. The molecule has 1 aromatic heterocycles. The zero-order valence-corrected chi connectivity index (χ0v) is 31.8. The quantitative estimate of drug-likeness (QED) is 0.0733. The van der Waals surface area contributed by atoms with E-state index in [0.717, 1.165) is 66.7 Å². The number of aliphatic hydroxyl groups is 1. The number of amides is 1. The predicted octanol–water partition coefficient (Wildman–Crippen LogP) is 7.26. The minimum Gasteiger partial charge on any atom is -0.506 e. The molecular formula is C47H48N4O6. The van der Waals surface area contributed by atoms with Crippen LogP contribution in [0.3, 0.4) is 0 Å². The van der Waals surface area contributed by atoms with E-state index in [1.807, 2.05) is 60.7 Å². The van der Waals surface area contributed by atoms with Gasteiger partial charge in [-0.15, -0.1) is 0 Å². The molecule has 3 atom stereocenters. The summed E-state index contributed by atoms with van der Waals surface area (Å²) in [6, 6.07) is 40.4. The second kappa shape index (κ2) is 17.5. The molecule has 0 radical (unpaired) electrons. The zero-order valence-electron chi connectivity index (χ0n) is 31.8. The van der Waals surface area contributed by atoms with Crippen molar-refractivity contribution in [2.75, 3.05) is 32.7 Å². The number of aliphatic hydroxyl groups excluding tert-OH is 1. The van der Waals surface area contributed by atoms with E-state index in [4.69, 9.17) is 9.47 Å². The maximum atomic E-state index is 13.3. The van der Waals surface area contributed by atoms with Gasteiger partial charge in [-0.25, -0.2) is 4.79 Å². The second-order valence-electron chi connectivity index (χ2n) is 15.1. The van der Waals surface area contributed by atoms with Gasteiger partial charge >= 0.3 is 6.09 Å². The molecular weight excluding hydrogens is 717 g/mol. The normalized spacial score (nSPS) is 18.5. The molecule has 4 heterocycles. The van der Waals surface area contributed by atoms with Gasteiger partial charge in [0.15, 0.2) is 0 Å². The molecule has 292 valence electrons. The van der Waals surface area contributed by atoms with Gasteiger partial charge < -0.3 is 35.3 Å². The molecule has 57 heavy (non-hydrogen) atoms. The standard InChI is InChI=1S/C47H48N4O6/c52-41-18-16-39(40-17-19-44(54)49-46(40)41)42(53)28-48-23-20-31-12-14-33(15-13-31)36-9-4-6-32(26-36)30-56-38-11-5-10-37(27-38)45(35-7-2-1-3-8-35)50-47(55)57-43-29-51-24-21-34(43)22-25-51/h1-19,26-27,34,42-43,45,48,52-53H,20-25,28-30H2,(H,49,54)(H,50,55)/t42-,43?,45?/m0/s1. The van der Waals surface area contributed by atoms with Crippen LogP contribution in [-0.4, -0.2) is 65.0 Å². The first-order chi connectivity index (χ1) is 27.9. The summed E-state index contributed by atoms with van der Waals surface area (Å²) in [5.74, 6) is 1.12. The lowest BCUT2D eigenvalue weighted by molar-refractivity contribution is -0.0336. The molecule has 5 N–H and O–H groups in total. The second-order valence-corrected chi connectivity index (χ2v) is 15.1. The third-order valence-electron chi connectivity index (χ3n) is 11.3. The minimum atomic E-state index is -0.806. The maximum absolute atomic E-state index is 13.3. The molecule has 10 heteroatoms. The number of hydrogen-bond acceptors (Lipinski definition) is 8. The number of ether oxygens (including phenoxy) is 2. The third kappa shape index (κ3) is 9.21. The minimum absolute atomic E-state index is 0.0291. The van der Waals surface area contributed by atoms with Crippen LogP contribution in [0, 0.1) is 5.92 Å². The maximum Gasteiger partial charge on any atom is 0.408 e. The van der Waals surface area contributed by atoms with Crippen LogP contribution in [0.2, 0.25) is 0 Å². The van der Waals surface area contributed by atoms with Crippen molar-refractivity contribution in [1.29, 1.82) is 0 Å². The number of alkyl carbamates (subject to hydrolysis) is 1. The third-order valence-corrected chi connectivity index (χ3v) is 11.3. The Balaban J connectivity index is 0.853. The van der Waals surface area contributed by atoms with Crippen LogP contribution < -0.4 is 20.9 Å². The Morgan fingerprint density at radius 2 is 1.61 bits per heavy atom. The van der Waals surface area contributed by atoms with E-state index in [9.17, 15) is 19.8 Å². The number of pyridine rings is 1. The van der Waals surface area contributed by atoms with Gasteiger partial charge in [0.05, 0.1) is 17.7 Å². The average molecular weight is 765 g/mol. The van der Waals surface area contributed by atoms with E-state index < -0.39 is 18.2 Å². The van der Waals surface area contributed by atoms with E-state index in [0.29, 0.717) is 47.8 Å². The van der Waals surface area contributed by atoms with Gasteiger partial charge in [-0.3, -0.25) is 9.69 Å². The zero-order chi connectivity index (χ0) is 39.1. The first-order valence-electron chi connectivity index (χ1n) is 19.8. The number of aromatic hydroxyl groups is 1. The Morgan fingerprint density at radius 1 is 0.825 bits per heavy atom. The van der Waals surface area contributed by atoms with Crippen molar-refractivity contribution in [3.8, 4) is 22.6 Å². The highest BCUT2D eigenvalue weighted by molar-refractivity contribution is 5.87. The average Bonchev–Trinajstić information content (AvgIpc) is 3.25. The Hall–Kier alpha value is -5.94. The summed E-state index contributed by atoms with van der Waals surface area (Å²) >= 11 is 0. The summed E-state index contributed by atoms with van der Waals surface area (Å²) in [5.41, 5.74) is 6.93. The first-order valence-corrected chi connectivity index (χ1v) is 19.8. The summed E-state index contributed by atoms with van der Waals surface area (Å²) in [6.45, 7) is 4.37. The number of fused-ring (bicyclic) bond motifs is 4. The van der Waals surface area contributed by atoms with Crippen LogP contribution in [0.4, 0.5) is 4.79 Å². The van der Waals surface area contributed by atoms with Gasteiger partial charge in [-0.2, -0.15) is 0 Å². The number of carbonyl (C=O) groups excluding carboxylic acids is 1. The van der Waals surface area contributed by atoms with Crippen LogP contribution >= 0.6 is 0 Å². The van der Waals surface area contributed by atoms with Crippen LogP contribution in [0.1, 0.15) is 52.8 Å². The SMILES string of the molecule is O=C(NC(c1ccccc1)c1cccc(OCc2cccc(-c3ccc(CCNC[C@H](O)c4ccc(O)c5[nH]c(=O)ccc45)cc3)c2)c1)OC1CN2CCC1CC2. The van der Waals surface area contributed by atoms with Gasteiger partial charge in [0.1, 0.15) is 24.2 Å². The van der Waals surface area contributed by atoms with Crippen molar-refractivity contribution in [3.05, 3.63) is 166 Å². The van der Waals surface area contributed by atoms with Crippen LogP contribution in [0.15, 0.2) is 132 Å². The van der Waals surface area contributed by atoms with Crippen molar-refractivity contribution >= 4 is 17.0 Å². The number of piperidine rings is 3. The van der Waals surface area contributed by atoms with Gasteiger partial charge in [-0.05, 0) is 114 Å². The highest BCUT2D eigenvalue weighted by atomic mass is 16.6. The molecule has 3 aliphatic rings. The fourth-order valence-electron chi connectivity index (χ4n) is 8.12. The number of nitrogens with one attached hydrogen (secondary N) is 3. The number of aromatic amines is 1. The predicted molar refractivity (Wildman–Crippen MR) is 221 cm³/mol. The van der Waals surface area contributed by atoms with E-state index in [2.05, 4.69) is 63.0 Å². The Morgan fingerprint density at radius 3 is 2.40 bits per heavy atom. The van der Waals surface area contributed by atoms with E-state index in [-0.39, 0.29) is 17.4 Å². The number of aromatic nitrogens is 1. The number of phenolic OH excluding ortho intramolecular Hbond substituents is 1. The number of H-pyrrole nitrogens is 1. The fourth-order valence-corrected chi connectivity index (χ4v) is 8.12. The Bertz CT molecular complexity index is 2360. The lowest BCUT2D eigenvalue weighted by Gasteiger charge is -2.43. The van der Waals surface area contributed by atoms with Crippen molar-refractivity contribution in [2.24, 2.45) is 5.92 Å². The first kappa shape index (κ1) is 38.0. The molecule has 9 rings (SSSR count). The smallest absolute Gasteiger partial charge is 0.408 e. The number of rotatable bonds is 14. The molecule has 3 saturated heterocycles. The molecule has 6 aromatic rings. The van der Waals surface area contributed by atoms with Gasteiger partial charge in [0.25, 0.3) is 0 Å². The monoisotopic (exact) mass is 764 g/mol. The van der Waals surface area contributed by atoms with Gasteiger partial charge in [0.2, 0.25) is 5.56 Å². The molecule has 5 aromatic carbocycles. The number of benzene rings is 5. The summed E-state index contributed by atoms with van der Waals surface area (Å²) in [6.07, 6.45) is 1.67. The van der Waals surface area contributed by atoms with Crippen molar-refractivity contribution in [1.82, 2.24) is 20.5 Å². The van der Waals surface area contributed by atoms with Gasteiger partial charge in [0, 0.05) is 24.5 Å². The number of hydrogen-bond donors (Lipinski definition) is 5. The van der Waals surface area contributed by atoms with Crippen molar-refractivity contribution in [2.45, 2.75) is 44.1 Å². The lowest BCUT2D eigenvalue weighted by Crippen LogP contribution is -2.52. The molecule has 3 aliphatic heterocycles. The largest absolute Gasteiger partial charge is 0.506 e. The number of carbonyl (C=O) groups is 1. The fraction of sp³-hybridized carbons (Fsp3) is 0.277. The molecule has 3 fully saturated rings. The molecule has 0 spiro atoms. The van der Waals surface area contributed by atoms with E-state index in [1.165, 1.54) is 17.7 Å². The molecule has 10 nitrogen and oxygen atoms in total. The molecule has 2 unspecified atom stereocenters. The molecule has 1 amide bonds. The van der Waals surface area contributed by atoms with Crippen molar-refractivity contribution < 1.29 is 24.5 Å². The highest BCUT2D eigenvalue weighted by Crippen LogP contribution is 2.32. The van der Waals surface area contributed by atoms with Crippen LogP contribution in [0.25, 0.3) is 22.0 Å². The molecule has 0 saturated carbocycles. The highest BCUT2D eigenvalue weighted by Gasteiger charge is 2.37. The summed E-state index contributed by atoms with van der Waals surface area (Å²) < 4.78 is 12.3. The molecule has 0 aliphatic carbocycles. The summed E-state index contributed by atoms with van der Waals surface area (Å²) in [7, 11) is 0. The molecule has 2 bridgehead atoms. The topological polar surface area (TPSA) is 136 Å². The van der Waals surface area contributed by atoms with Crippen LogP contribution in [0.5, 0.6) is 11.5 Å². The van der Waals surface area contributed by atoms with E-state index >= 15 is 0 Å². The van der Waals surface area contributed by atoms with E-state index in [1.54, 1.807) is 12.1 Å². The van der Waals surface area contributed by atoms with Crippen molar-refractivity contribution in [3.63, 3.8) is 0 Å². The lowest BCUT2D eigenvalue weighted by atomic mass is 9.86. The summed E-state index contributed by atoms with van der Waals surface area (Å²) in [4.78, 5) is 30.0.